The summed E-state index contributed by atoms with van der Waals surface area (Å²) in [5.41, 5.74) is 7.11. The minimum absolute atomic E-state index is 0.136. The van der Waals surface area contributed by atoms with Gasteiger partial charge < -0.3 is 5.11 Å². The third-order valence-corrected chi connectivity index (χ3v) is 5.46. The average Bonchev–Trinajstić information content (AvgIpc) is 3.07. The van der Waals surface area contributed by atoms with E-state index >= 15 is 0 Å². The van der Waals surface area contributed by atoms with Crippen molar-refractivity contribution in [3.8, 4) is 0 Å². The number of rotatable bonds is 3. The molecule has 0 saturated carbocycles. The zero-order chi connectivity index (χ0) is 19.0. The molecule has 3 aromatic rings. The molecule has 0 fully saturated rings. The molecule has 1 N–H and O–H groups in total. The molecule has 4 rings (SSSR count). The van der Waals surface area contributed by atoms with Gasteiger partial charge >= 0.3 is 0 Å². The van der Waals surface area contributed by atoms with Crippen LogP contribution in [0.25, 0.3) is 11.6 Å². The normalized spacial score (nSPS) is 17.3. The number of aliphatic hydroxyl groups excluding tert-OH is 1. The first-order chi connectivity index (χ1) is 13.0. The number of aliphatic hydroxyl groups is 1. The SMILES string of the molecule is CC(C)(C)C(O)c1ccccc1C1C(c2ccccc2)=Cc2ccccc21. The van der Waals surface area contributed by atoms with Gasteiger partial charge in [-0.25, -0.2) is 0 Å². The zero-order valence-corrected chi connectivity index (χ0v) is 16.2. The van der Waals surface area contributed by atoms with E-state index in [4.69, 9.17) is 0 Å². The standard InChI is InChI=1S/C26H26O/c1-26(2,3)25(27)22-16-10-9-15-21(22)24-20-14-8-7-13-19(20)17-23(24)18-11-5-4-6-12-18/h4-17,24-25,27H,1-3H3. The van der Waals surface area contributed by atoms with Gasteiger partial charge in [-0.05, 0) is 44.9 Å². The van der Waals surface area contributed by atoms with Crippen molar-refractivity contribution in [1.82, 2.24) is 0 Å². The fraction of sp³-hybridized carbons (Fsp3) is 0.231. The van der Waals surface area contributed by atoms with E-state index in [9.17, 15) is 5.11 Å². The molecule has 0 radical (unpaired) electrons. The third kappa shape index (κ3) is 3.24. The summed E-state index contributed by atoms with van der Waals surface area (Å²) in [7, 11) is 0. The predicted octanol–water partition coefficient (Wildman–Crippen LogP) is 6.45. The monoisotopic (exact) mass is 354 g/mol. The molecular formula is C26H26O. The summed E-state index contributed by atoms with van der Waals surface area (Å²) in [5, 5.41) is 11.1. The van der Waals surface area contributed by atoms with Gasteiger partial charge in [-0.15, -0.1) is 0 Å². The smallest absolute Gasteiger partial charge is 0.0841 e. The van der Waals surface area contributed by atoms with E-state index in [-0.39, 0.29) is 11.3 Å². The predicted molar refractivity (Wildman–Crippen MR) is 113 cm³/mol. The van der Waals surface area contributed by atoms with Gasteiger partial charge in [0.25, 0.3) is 0 Å². The van der Waals surface area contributed by atoms with E-state index in [2.05, 4.69) is 99.6 Å². The van der Waals surface area contributed by atoms with Crippen molar-refractivity contribution < 1.29 is 5.11 Å². The van der Waals surface area contributed by atoms with Gasteiger partial charge in [0.05, 0.1) is 6.10 Å². The van der Waals surface area contributed by atoms with E-state index in [1.54, 1.807) is 0 Å². The summed E-state index contributed by atoms with van der Waals surface area (Å²) in [6, 6.07) is 27.5. The molecule has 1 aliphatic rings. The lowest BCUT2D eigenvalue weighted by atomic mass is 9.77. The molecule has 0 aliphatic heterocycles. The van der Waals surface area contributed by atoms with Crippen molar-refractivity contribution in [1.29, 1.82) is 0 Å². The lowest BCUT2D eigenvalue weighted by molar-refractivity contribution is 0.0619. The Kier molecular flexibility index (Phi) is 4.49. The molecule has 27 heavy (non-hydrogen) atoms. The highest BCUT2D eigenvalue weighted by Gasteiger charge is 2.33. The van der Waals surface area contributed by atoms with Crippen LogP contribution in [0.1, 0.15) is 60.6 Å². The van der Waals surface area contributed by atoms with Gasteiger partial charge in [0.2, 0.25) is 0 Å². The first kappa shape index (κ1) is 17.8. The summed E-state index contributed by atoms with van der Waals surface area (Å²) in [6.45, 7) is 6.26. The summed E-state index contributed by atoms with van der Waals surface area (Å²) in [4.78, 5) is 0. The van der Waals surface area contributed by atoms with Crippen molar-refractivity contribution in [3.63, 3.8) is 0 Å². The van der Waals surface area contributed by atoms with Crippen LogP contribution in [-0.2, 0) is 0 Å². The minimum Gasteiger partial charge on any atom is -0.388 e. The number of allylic oxidation sites excluding steroid dienone is 1. The van der Waals surface area contributed by atoms with Crippen LogP contribution < -0.4 is 0 Å². The molecule has 0 saturated heterocycles. The summed E-state index contributed by atoms with van der Waals surface area (Å²) < 4.78 is 0. The van der Waals surface area contributed by atoms with Crippen LogP contribution in [0.15, 0.2) is 78.9 Å². The van der Waals surface area contributed by atoms with Gasteiger partial charge in [0.15, 0.2) is 0 Å². The fourth-order valence-corrected chi connectivity index (χ4v) is 4.03. The topological polar surface area (TPSA) is 20.2 Å². The maximum atomic E-state index is 11.1. The Morgan fingerprint density at radius 1 is 0.741 bits per heavy atom. The molecule has 2 atom stereocenters. The van der Waals surface area contributed by atoms with Gasteiger partial charge in [-0.1, -0.05) is 99.6 Å². The third-order valence-electron chi connectivity index (χ3n) is 5.46. The fourth-order valence-electron chi connectivity index (χ4n) is 4.03. The molecule has 1 aliphatic carbocycles. The molecule has 1 heteroatoms. The average molecular weight is 354 g/mol. The van der Waals surface area contributed by atoms with Gasteiger partial charge in [0, 0.05) is 5.92 Å². The molecule has 1 nitrogen and oxygen atoms in total. The van der Waals surface area contributed by atoms with Gasteiger partial charge in [0.1, 0.15) is 0 Å². The Bertz CT molecular complexity index is 976. The van der Waals surface area contributed by atoms with Crippen molar-refractivity contribution in [3.05, 3.63) is 107 Å². The highest BCUT2D eigenvalue weighted by atomic mass is 16.3. The number of hydrogen-bond acceptors (Lipinski definition) is 1. The maximum absolute atomic E-state index is 11.1. The first-order valence-electron chi connectivity index (χ1n) is 9.59. The molecule has 0 spiro atoms. The number of fused-ring (bicyclic) bond motifs is 1. The molecule has 2 unspecified atom stereocenters. The van der Waals surface area contributed by atoms with Crippen molar-refractivity contribution >= 4 is 11.6 Å². The summed E-state index contributed by atoms with van der Waals surface area (Å²) in [6.07, 6.45) is 1.79. The van der Waals surface area contributed by atoms with Crippen LogP contribution in [0.4, 0.5) is 0 Å². The Balaban J connectivity index is 1.91. The zero-order valence-electron chi connectivity index (χ0n) is 16.2. The van der Waals surface area contributed by atoms with E-state index in [0.29, 0.717) is 0 Å². The highest BCUT2D eigenvalue weighted by molar-refractivity contribution is 5.93. The molecular weight excluding hydrogens is 328 g/mol. The van der Waals surface area contributed by atoms with E-state index in [0.717, 1.165) is 5.56 Å². The maximum Gasteiger partial charge on any atom is 0.0841 e. The highest BCUT2D eigenvalue weighted by Crippen LogP contribution is 2.48. The minimum atomic E-state index is -0.515. The Morgan fingerprint density at radius 2 is 1.33 bits per heavy atom. The molecule has 3 aromatic carbocycles. The number of hydrogen-bond donors (Lipinski definition) is 1. The van der Waals surface area contributed by atoms with Gasteiger partial charge in [-0.2, -0.15) is 0 Å². The largest absolute Gasteiger partial charge is 0.388 e. The van der Waals surface area contributed by atoms with Gasteiger partial charge in [-0.3, -0.25) is 0 Å². The summed E-state index contributed by atoms with van der Waals surface area (Å²) >= 11 is 0. The molecule has 0 bridgehead atoms. The van der Waals surface area contributed by atoms with Crippen LogP contribution in [0.5, 0.6) is 0 Å². The molecule has 136 valence electrons. The van der Waals surface area contributed by atoms with Crippen LogP contribution in [0.2, 0.25) is 0 Å². The van der Waals surface area contributed by atoms with Crippen LogP contribution in [-0.4, -0.2) is 5.11 Å². The van der Waals surface area contributed by atoms with Crippen molar-refractivity contribution in [2.24, 2.45) is 5.41 Å². The lowest BCUT2D eigenvalue weighted by Gasteiger charge is -2.30. The lowest BCUT2D eigenvalue weighted by Crippen LogP contribution is -2.20. The van der Waals surface area contributed by atoms with Crippen molar-refractivity contribution in [2.45, 2.75) is 32.8 Å². The van der Waals surface area contributed by atoms with E-state index in [1.165, 1.54) is 27.8 Å². The van der Waals surface area contributed by atoms with Crippen LogP contribution >= 0.6 is 0 Å². The Labute approximate surface area is 162 Å². The Hall–Kier alpha value is -2.64. The summed E-state index contributed by atoms with van der Waals surface area (Å²) in [5.74, 6) is 0.136. The molecule has 0 heterocycles. The first-order valence-corrected chi connectivity index (χ1v) is 9.59. The number of benzene rings is 3. The van der Waals surface area contributed by atoms with E-state index in [1.807, 2.05) is 6.07 Å². The van der Waals surface area contributed by atoms with Crippen LogP contribution in [0, 0.1) is 5.41 Å². The quantitative estimate of drug-likeness (QED) is 0.573. The van der Waals surface area contributed by atoms with E-state index < -0.39 is 6.10 Å². The second-order valence-corrected chi connectivity index (χ2v) is 8.43. The molecule has 0 amide bonds. The second-order valence-electron chi connectivity index (χ2n) is 8.43. The molecule has 0 aromatic heterocycles. The van der Waals surface area contributed by atoms with Crippen LogP contribution in [0.3, 0.4) is 0 Å². The second kappa shape index (κ2) is 6.83. The van der Waals surface area contributed by atoms with Crippen molar-refractivity contribution in [2.75, 3.05) is 0 Å². The Morgan fingerprint density at radius 3 is 2.04 bits per heavy atom.